The number of hydrogen-bond acceptors (Lipinski definition) is 4. The number of nitrogens with zero attached hydrogens (tertiary/aromatic N) is 4. The van der Waals surface area contributed by atoms with Gasteiger partial charge in [-0.05, 0) is 25.3 Å². The fourth-order valence-electron chi connectivity index (χ4n) is 2.91. The van der Waals surface area contributed by atoms with Crippen molar-refractivity contribution in [3.8, 4) is 0 Å². The Kier molecular flexibility index (Phi) is 2.91. The minimum Gasteiger partial charge on any atom is -0.345 e. The van der Waals surface area contributed by atoms with Gasteiger partial charge in [0.05, 0.1) is 11.7 Å². The summed E-state index contributed by atoms with van der Waals surface area (Å²) in [4.78, 5) is 7.44. The van der Waals surface area contributed by atoms with Crippen LogP contribution in [0.4, 0.5) is 0 Å². The summed E-state index contributed by atoms with van der Waals surface area (Å²) in [7, 11) is 0. The van der Waals surface area contributed by atoms with Crippen LogP contribution >= 0.6 is 12.4 Å². The number of rotatable bonds is 1. The second-order valence-electron chi connectivity index (χ2n) is 4.99. The highest BCUT2D eigenvalue weighted by Crippen LogP contribution is 2.33. The van der Waals surface area contributed by atoms with E-state index in [1.165, 1.54) is 0 Å². The van der Waals surface area contributed by atoms with E-state index in [1.807, 2.05) is 12.3 Å². The van der Waals surface area contributed by atoms with Crippen LogP contribution in [-0.4, -0.2) is 30.6 Å². The maximum atomic E-state index is 5.99. The number of fused-ring (bicyclic) bond motifs is 3. The van der Waals surface area contributed by atoms with Crippen molar-refractivity contribution in [2.45, 2.75) is 31.2 Å². The summed E-state index contributed by atoms with van der Waals surface area (Å²) in [6, 6.07) is 2.31. The van der Waals surface area contributed by atoms with E-state index in [1.54, 1.807) is 6.20 Å². The molecule has 1 saturated carbocycles. The van der Waals surface area contributed by atoms with Crippen molar-refractivity contribution in [1.29, 1.82) is 0 Å². The van der Waals surface area contributed by atoms with E-state index >= 15 is 0 Å². The zero-order valence-corrected chi connectivity index (χ0v) is 11.1. The maximum Gasteiger partial charge on any atom is 0.179 e. The second kappa shape index (κ2) is 4.47. The van der Waals surface area contributed by atoms with Gasteiger partial charge in [-0.3, -0.25) is 4.40 Å². The number of aromatic amines is 1. The van der Waals surface area contributed by atoms with Gasteiger partial charge in [-0.25, -0.2) is 4.98 Å². The van der Waals surface area contributed by atoms with Crippen LogP contribution in [0.3, 0.4) is 0 Å². The smallest absolute Gasteiger partial charge is 0.179 e. The van der Waals surface area contributed by atoms with Gasteiger partial charge in [-0.1, -0.05) is 0 Å². The molecule has 0 bridgehead atoms. The van der Waals surface area contributed by atoms with E-state index in [0.29, 0.717) is 12.0 Å². The molecular formula is C12H15ClN6. The fraction of sp³-hybridized carbons (Fsp3) is 0.417. The normalized spacial score (nSPS) is 23.0. The highest BCUT2D eigenvalue weighted by Gasteiger charge is 2.27. The van der Waals surface area contributed by atoms with Crippen LogP contribution in [0, 0.1) is 0 Å². The third-order valence-corrected chi connectivity index (χ3v) is 3.81. The highest BCUT2D eigenvalue weighted by molar-refractivity contribution is 5.85. The van der Waals surface area contributed by atoms with Crippen LogP contribution in [-0.2, 0) is 0 Å². The standard InChI is InChI=1S/C12H14N6.ClH/c13-8-2-1-7(5-8)12-17-16-10-6-15-11-9(18(10)12)3-4-14-11;/h3-4,6-8,14H,1-2,5,13H2;1H/t7-,8+;/m1./s1. The fourth-order valence-corrected chi connectivity index (χ4v) is 2.91. The van der Waals surface area contributed by atoms with Gasteiger partial charge in [-0.15, -0.1) is 22.6 Å². The maximum absolute atomic E-state index is 5.99. The lowest BCUT2D eigenvalue weighted by molar-refractivity contribution is 0.639. The molecule has 1 aliphatic rings. The molecule has 2 atom stereocenters. The molecule has 3 aromatic heterocycles. The minimum atomic E-state index is 0. The number of nitrogens with two attached hydrogens (primary N) is 1. The molecule has 3 aromatic rings. The van der Waals surface area contributed by atoms with Crippen LogP contribution in [0.5, 0.6) is 0 Å². The Morgan fingerprint density at radius 1 is 1.32 bits per heavy atom. The van der Waals surface area contributed by atoms with Crippen molar-refractivity contribution >= 4 is 29.2 Å². The van der Waals surface area contributed by atoms with E-state index in [0.717, 1.165) is 41.9 Å². The molecule has 6 nitrogen and oxygen atoms in total. The highest BCUT2D eigenvalue weighted by atomic mass is 35.5. The van der Waals surface area contributed by atoms with Crippen molar-refractivity contribution in [3.05, 3.63) is 24.3 Å². The molecule has 1 aliphatic carbocycles. The lowest BCUT2D eigenvalue weighted by Gasteiger charge is -2.07. The molecule has 3 N–H and O–H groups in total. The van der Waals surface area contributed by atoms with Gasteiger partial charge in [0.1, 0.15) is 5.82 Å². The van der Waals surface area contributed by atoms with Crippen LogP contribution < -0.4 is 5.73 Å². The van der Waals surface area contributed by atoms with E-state index in [2.05, 4.69) is 24.6 Å². The Labute approximate surface area is 115 Å². The molecule has 4 rings (SSSR count). The lowest BCUT2D eigenvalue weighted by atomic mass is 10.1. The predicted molar refractivity (Wildman–Crippen MR) is 74.5 cm³/mol. The van der Waals surface area contributed by atoms with Crippen LogP contribution in [0.2, 0.25) is 0 Å². The molecule has 19 heavy (non-hydrogen) atoms. The quantitative estimate of drug-likeness (QED) is 0.708. The molecule has 0 amide bonds. The van der Waals surface area contributed by atoms with E-state index in [-0.39, 0.29) is 12.4 Å². The van der Waals surface area contributed by atoms with Gasteiger partial charge in [0.2, 0.25) is 0 Å². The third kappa shape index (κ3) is 1.79. The van der Waals surface area contributed by atoms with Crippen molar-refractivity contribution in [2.75, 3.05) is 0 Å². The van der Waals surface area contributed by atoms with Gasteiger partial charge >= 0.3 is 0 Å². The van der Waals surface area contributed by atoms with Gasteiger partial charge in [0.15, 0.2) is 11.3 Å². The summed E-state index contributed by atoms with van der Waals surface area (Å²) in [5.74, 6) is 1.43. The number of nitrogens with one attached hydrogen (secondary N) is 1. The first-order valence-corrected chi connectivity index (χ1v) is 6.25. The Hall–Kier alpha value is -1.66. The first-order chi connectivity index (χ1) is 8.83. The zero-order chi connectivity index (χ0) is 12.1. The molecule has 0 aromatic carbocycles. The van der Waals surface area contributed by atoms with Crippen LogP contribution in [0.1, 0.15) is 31.0 Å². The number of halogens is 1. The molecule has 3 heterocycles. The largest absolute Gasteiger partial charge is 0.345 e. The van der Waals surface area contributed by atoms with Crippen molar-refractivity contribution < 1.29 is 0 Å². The van der Waals surface area contributed by atoms with Gasteiger partial charge in [0.25, 0.3) is 0 Å². The Bertz CT molecular complexity index is 717. The first-order valence-electron chi connectivity index (χ1n) is 6.25. The van der Waals surface area contributed by atoms with Crippen molar-refractivity contribution in [3.63, 3.8) is 0 Å². The van der Waals surface area contributed by atoms with Crippen molar-refractivity contribution in [2.24, 2.45) is 5.73 Å². The number of H-pyrrole nitrogens is 1. The molecule has 1 fully saturated rings. The van der Waals surface area contributed by atoms with Gasteiger partial charge in [-0.2, -0.15) is 0 Å². The Morgan fingerprint density at radius 2 is 2.21 bits per heavy atom. The molecule has 100 valence electrons. The molecule has 0 aliphatic heterocycles. The average Bonchev–Trinajstić information content (AvgIpc) is 3.03. The summed E-state index contributed by atoms with van der Waals surface area (Å²) >= 11 is 0. The molecular weight excluding hydrogens is 264 g/mol. The van der Waals surface area contributed by atoms with E-state index < -0.39 is 0 Å². The Morgan fingerprint density at radius 3 is 3.00 bits per heavy atom. The van der Waals surface area contributed by atoms with Crippen LogP contribution in [0.25, 0.3) is 16.8 Å². The third-order valence-electron chi connectivity index (χ3n) is 3.81. The molecule has 0 saturated heterocycles. The Balaban J connectivity index is 0.00000110. The summed E-state index contributed by atoms with van der Waals surface area (Å²) in [5, 5.41) is 8.56. The molecule has 0 radical (unpaired) electrons. The average molecular weight is 279 g/mol. The number of hydrogen-bond donors (Lipinski definition) is 2. The lowest BCUT2D eigenvalue weighted by Crippen LogP contribution is -2.15. The summed E-state index contributed by atoms with van der Waals surface area (Å²) in [6.07, 6.45) is 6.80. The van der Waals surface area contributed by atoms with Gasteiger partial charge < -0.3 is 10.7 Å². The molecule has 7 heteroatoms. The molecule has 0 spiro atoms. The first kappa shape index (κ1) is 12.4. The number of aromatic nitrogens is 5. The topological polar surface area (TPSA) is 84.9 Å². The minimum absolute atomic E-state index is 0. The van der Waals surface area contributed by atoms with Crippen LogP contribution in [0.15, 0.2) is 18.5 Å². The summed E-state index contributed by atoms with van der Waals surface area (Å²) in [5.41, 5.74) is 8.70. The zero-order valence-electron chi connectivity index (χ0n) is 10.3. The summed E-state index contributed by atoms with van der Waals surface area (Å²) < 4.78 is 2.10. The second-order valence-corrected chi connectivity index (χ2v) is 4.99. The predicted octanol–water partition coefficient (Wildman–Crippen LogP) is 1.62. The van der Waals surface area contributed by atoms with Crippen molar-refractivity contribution in [1.82, 2.24) is 24.6 Å². The monoisotopic (exact) mass is 278 g/mol. The van der Waals surface area contributed by atoms with E-state index in [4.69, 9.17) is 5.73 Å². The SMILES string of the molecule is Cl.N[C@H]1CC[C@@H](c2nnc3cnc4[nH]ccc4n23)C1. The van der Waals surface area contributed by atoms with Gasteiger partial charge in [0, 0.05) is 18.2 Å². The van der Waals surface area contributed by atoms with E-state index in [9.17, 15) is 0 Å². The molecule has 0 unspecified atom stereocenters. The summed E-state index contributed by atoms with van der Waals surface area (Å²) in [6.45, 7) is 0.